The van der Waals surface area contributed by atoms with Crippen molar-refractivity contribution in [3.05, 3.63) is 170 Å². The maximum absolute atomic E-state index is 6.53. The Morgan fingerprint density at radius 2 is 0.830 bits per heavy atom. The van der Waals surface area contributed by atoms with Gasteiger partial charge in [-0.05, 0) is 22.3 Å². The molecule has 0 saturated heterocycles. The third kappa shape index (κ3) is 6.47. The first-order chi connectivity index (χ1) is 25.9. The van der Waals surface area contributed by atoms with E-state index in [0.717, 1.165) is 49.8 Å². The van der Waals surface area contributed by atoms with Crippen LogP contribution in [0.1, 0.15) is 0 Å². The number of hydrogen-bond acceptors (Lipinski definition) is 4. The molecular formula is C48H37GeN3O. The van der Waals surface area contributed by atoms with Gasteiger partial charge in [-0.2, -0.15) is 0 Å². The number of fused-ring (bicyclic) bond motifs is 3. The first-order valence-corrected chi connectivity index (χ1v) is 25.4. The summed E-state index contributed by atoms with van der Waals surface area (Å²) in [4.78, 5) is 15.1. The van der Waals surface area contributed by atoms with E-state index >= 15 is 0 Å². The fourth-order valence-electron chi connectivity index (χ4n) is 7.00. The van der Waals surface area contributed by atoms with Gasteiger partial charge in [0.2, 0.25) is 0 Å². The van der Waals surface area contributed by atoms with Gasteiger partial charge in [-0.15, -0.1) is 0 Å². The van der Waals surface area contributed by atoms with Gasteiger partial charge >= 0.3 is 154 Å². The molecule has 0 fully saturated rings. The van der Waals surface area contributed by atoms with Crippen LogP contribution in [0.3, 0.4) is 0 Å². The van der Waals surface area contributed by atoms with E-state index in [1.54, 1.807) is 0 Å². The van der Waals surface area contributed by atoms with E-state index in [-0.39, 0.29) is 0 Å². The van der Waals surface area contributed by atoms with Gasteiger partial charge in [-0.3, -0.25) is 0 Å². The molecule has 0 atom stereocenters. The van der Waals surface area contributed by atoms with Gasteiger partial charge in [0.15, 0.2) is 11.6 Å². The van der Waals surface area contributed by atoms with Crippen molar-refractivity contribution in [1.82, 2.24) is 15.0 Å². The predicted molar refractivity (Wildman–Crippen MR) is 223 cm³/mol. The summed E-state index contributed by atoms with van der Waals surface area (Å²) in [5.74, 6) is 9.11. The second kappa shape index (κ2) is 13.5. The molecular weight excluding hydrogens is 707 g/mol. The monoisotopic (exact) mass is 745 g/mol. The van der Waals surface area contributed by atoms with Crippen molar-refractivity contribution in [2.24, 2.45) is 0 Å². The predicted octanol–water partition coefficient (Wildman–Crippen LogP) is 12.3. The van der Waals surface area contributed by atoms with Crippen LogP contribution in [0.5, 0.6) is 0 Å². The standard InChI is InChI=1S/C48H37GeN3O/c1-49(2,3)40-28-25-36(26-29-40)41-15-10-16-43-45(41)42-30-27-39(31-44(42)53-43)48-51-46(37-21-17-34(18-22-37)32-11-6-4-7-12-32)50-47(52-48)38-23-19-35(20-24-38)33-13-8-5-9-14-33/h4-31H,1-3H3. The molecule has 0 amide bonds. The molecule has 2 heterocycles. The van der Waals surface area contributed by atoms with Crippen LogP contribution in [-0.2, 0) is 0 Å². The summed E-state index contributed by atoms with van der Waals surface area (Å²) in [6.45, 7) is 0. The molecule has 0 aliphatic carbocycles. The summed E-state index contributed by atoms with van der Waals surface area (Å²) in [5.41, 5.74) is 11.4. The topological polar surface area (TPSA) is 51.8 Å². The molecule has 7 aromatic carbocycles. The van der Waals surface area contributed by atoms with Crippen molar-refractivity contribution in [2.45, 2.75) is 17.3 Å². The van der Waals surface area contributed by atoms with Gasteiger partial charge in [0.05, 0.1) is 0 Å². The molecule has 0 saturated carbocycles. The number of nitrogens with zero attached hydrogens (tertiary/aromatic N) is 3. The van der Waals surface area contributed by atoms with E-state index in [2.05, 4.69) is 175 Å². The molecule has 0 bridgehead atoms. The molecule has 0 unspecified atom stereocenters. The van der Waals surface area contributed by atoms with Gasteiger partial charge < -0.3 is 0 Å². The van der Waals surface area contributed by atoms with E-state index in [4.69, 9.17) is 19.4 Å². The molecule has 0 aliphatic heterocycles. The number of furan rings is 1. The summed E-state index contributed by atoms with van der Waals surface area (Å²) in [6, 6.07) is 59.4. The molecule has 9 rings (SSSR count). The zero-order valence-electron chi connectivity index (χ0n) is 29.9. The number of benzene rings is 7. The summed E-state index contributed by atoms with van der Waals surface area (Å²) in [5, 5.41) is 2.19. The maximum atomic E-state index is 6.53. The number of rotatable bonds is 7. The Bertz CT molecular complexity index is 2610. The average molecular weight is 744 g/mol. The van der Waals surface area contributed by atoms with E-state index in [9.17, 15) is 0 Å². The third-order valence-corrected chi connectivity index (χ3v) is 14.3. The van der Waals surface area contributed by atoms with Crippen molar-refractivity contribution in [3.8, 4) is 67.5 Å². The van der Waals surface area contributed by atoms with Crippen molar-refractivity contribution in [1.29, 1.82) is 0 Å². The zero-order valence-corrected chi connectivity index (χ0v) is 32.0. The Labute approximate surface area is 312 Å². The molecule has 5 heteroatoms. The molecule has 2 aromatic heterocycles. The van der Waals surface area contributed by atoms with E-state index < -0.39 is 13.3 Å². The summed E-state index contributed by atoms with van der Waals surface area (Å²) < 4.78 is 8.03. The van der Waals surface area contributed by atoms with Crippen LogP contribution in [-0.4, -0.2) is 28.2 Å². The SMILES string of the molecule is [CH3][Ge]([CH3])([CH3])[c]1ccc(-c2cccc3oc4cc(-c5nc(-c6ccc(-c7ccccc7)cc6)nc(-c6ccc(-c7ccccc7)cc6)n5)ccc4c23)cc1. The van der Waals surface area contributed by atoms with Crippen LogP contribution >= 0.6 is 0 Å². The zero-order chi connectivity index (χ0) is 35.9. The Balaban J connectivity index is 1.14. The molecule has 0 N–H and O–H groups in total. The van der Waals surface area contributed by atoms with Gasteiger partial charge in [-0.25, -0.2) is 4.98 Å². The molecule has 53 heavy (non-hydrogen) atoms. The van der Waals surface area contributed by atoms with Crippen molar-refractivity contribution < 1.29 is 4.42 Å². The fraction of sp³-hybridized carbons (Fsp3) is 0.0625. The van der Waals surface area contributed by atoms with Gasteiger partial charge in [-0.1, -0.05) is 109 Å². The van der Waals surface area contributed by atoms with Gasteiger partial charge in [0.25, 0.3) is 0 Å². The summed E-state index contributed by atoms with van der Waals surface area (Å²) in [6.07, 6.45) is 0. The van der Waals surface area contributed by atoms with E-state index in [1.165, 1.54) is 26.6 Å². The molecule has 254 valence electrons. The second-order valence-corrected chi connectivity index (χ2v) is 25.2. The minimum absolute atomic E-state index is 0.593. The summed E-state index contributed by atoms with van der Waals surface area (Å²) >= 11 is -1.92. The van der Waals surface area contributed by atoms with Crippen molar-refractivity contribution in [3.63, 3.8) is 0 Å². The quantitative estimate of drug-likeness (QED) is 0.153. The number of aromatic nitrogens is 3. The van der Waals surface area contributed by atoms with Crippen LogP contribution in [0.4, 0.5) is 0 Å². The first kappa shape index (κ1) is 32.8. The number of hydrogen-bond donors (Lipinski definition) is 0. The molecule has 0 spiro atoms. The van der Waals surface area contributed by atoms with Crippen LogP contribution in [0, 0.1) is 0 Å². The Morgan fingerprint density at radius 3 is 1.36 bits per heavy atom. The molecule has 4 nitrogen and oxygen atoms in total. The fourth-order valence-corrected chi connectivity index (χ4v) is 9.45. The van der Waals surface area contributed by atoms with Crippen LogP contribution in [0.15, 0.2) is 174 Å². The van der Waals surface area contributed by atoms with E-state index in [1.807, 2.05) is 12.1 Å². The Morgan fingerprint density at radius 1 is 0.377 bits per heavy atom. The van der Waals surface area contributed by atoms with Crippen LogP contribution in [0.2, 0.25) is 17.3 Å². The molecule has 9 aromatic rings. The van der Waals surface area contributed by atoms with Gasteiger partial charge in [0, 0.05) is 11.1 Å². The first-order valence-electron chi connectivity index (χ1n) is 18.0. The molecule has 0 radical (unpaired) electrons. The second-order valence-electron chi connectivity index (χ2n) is 14.5. The van der Waals surface area contributed by atoms with Gasteiger partial charge in [0.1, 0.15) is 0 Å². The molecule has 0 aliphatic rings. The Hall–Kier alpha value is -6.11. The van der Waals surface area contributed by atoms with Crippen molar-refractivity contribution >= 4 is 39.6 Å². The van der Waals surface area contributed by atoms with Crippen LogP contribution < -0.4 is 4.40 Å². The summed E-state index contributed by atoms with van der Waals surface area (Å²) in [7, 11) is 0. The third-order valence-electron chi connectivity index (χ3n) is 9.95. The van der Waals surface area contributed by atoms with Crippen molar-refractivity contribution in [2.75, 3.05) is 0 Å². The minimum atomic E-state index is -1.92. The average Bonchev–Trinajstić information content (AvgIpc) is 3.59. The van der Waals surface area contributed by atoms with E-state index in [0.29, 0.717) is 17.5 Å². The normalized spacial score (nSPS) is 11.7. The Kier molecular flexibility index (Phi) is 8.32. The van der Waals surface area contributed by atoms with Crippen LogP contribution in [0.25, 0.3) is 89.5 Å².